The summed E-state index contributed by atoms with van der Waals surface area (Å²) in [6, 6.07) is 4.38. The fourth-order valence-corrected chi connectivity index (χ4v) is 1.56. The van der Waals surface area contributed by atoms with Gasteiger partial charge in [0.2, 0.25) is 0 Å². The second-order valence-corrected chi connectivity index (χ2v) is 4.89. The number of anilines is 1. The van der Waals surface area contributed by atoms with Crippen molar-refractivity contribution in [3.8, 4) is 0 Å². The lowest BCUT2D eigenvalue weighted by Crippen LogP contribution is -2.42. The molecule has 0 aliphatic carbocycles. The molecule has 0 aliphatic heterocycles. The number of aliphatic carboxylic acids is 1. The van der Waals surface area contributed by atoms with E-state index >= 15 is 0 Å². The number of benzene rings is 1. The van der Waals surface area contributed by atoms with Crippen molar-refractivity contribution in [2.24, 2.45) is 0 Å². The highest BCUT2D eigenvalue weighted by Gasteiger charge is 2.25. The normalized spacial score (nSPS) is 13.6. The predicted molar refractivity (Wildman–Crippen MR) is 71.1 cm³/mol. The topological polar surface area (TPSA) is 113 Å². The van der Waals surface area contributed by atoms with Crippen LogP contribution in [0.2, 0.25) is 5.02 Å². The number of rotatable bonds is 5. The van der Waals surface area contributed by atoms with Crippen LogP contribution in [0.25, 0.3) is 0 Å². The molecule has 1 aromatic carbocycles. The lowest BCUT2D eigenvalue weighted by atomic mass is 10.0. The molecule has 0 bridgehead atoms. The first kappa shape index (κ1) is 15.3. The highest BCUT2D eigenvalue weighted by molar-refractivity contribution is 6.33. The minimum Gasteiger partial charge on any atom is -0.481 e. The summed E-state index contributed by atoms with van der Waals surface area (Å²) in [6.07, 6.45) is -0.462. The van der Waals surface area contributed by atoms with Gasteiger partial charge < -0.3 is 21.3 Å². The Kier molecular flexibility index (Phi) is 4.74. The third kappa shape index (κ3) is 4.76. The van der Waals surface area contributed by atoms with Gasteiger partial charge >= 0.3 is 5.97 Å². The predicted octanol–water partition coefficient (Wildman–Crippen LogP) is 0.878. The molecular weight excluding hydrogens is 272 g/mol. The standard InChI is InChI=1S/C12H15ClN2O4/c1-12(19,5-10(16)17)6-15-11(18)7-2-3-8(13)9(14)4-7/h2-4,19H,5-6,14H2,1H3,(H,15,18)(H,16,17). The lowest BCUT2D eigenvalue weighted by Gasteiger charge is -2.21. The molecular formula is C12H15ClN2O4. The van der Waals surface area contributed by atoms with E-state index in [1.54, 1.807) is 0 Å². The molecule has 0 saturated heterocycles. The largest absolute Gasteiger partial charge is 0.481 e. The van der Waals surface area contributed by atoms with Crippen LogP contribution in [0, 0.1) is 0 Å². The maximum absolute atomic E-state index is 11.8. The van der Waals surface area contributed by atoms with Crippen molar-refractivity contribution < 1.29 is 19.8 Å². The van der Waals surface area contributed by atoms with Crippen molar-refractivity contribution >= 4 is 29.2 Å². The number of hydrogen-bond donors (Lipinski definition) is 4. The van der Waals surface area contributed by atoms with E-state index in [4.69, 9.17) is 22.4 Å². The third-order valence-electron chi connectivity index (χ3n) is 2.42. The van der Waals surface area contributed by atoms with E-state index in [1.165, 1.54) is 25.1 Å². The number of hydrogen-bond acceptors (Lipinski definition) is 4. The Morgan fingerprint density at radius 3 is 2.63 bits per heavy atom. The van der Waals surface area contributed by atoms with Crippen molar-refractivity contribution in [3.05, 3.63) is 28.8 Å². The van der Waals surface area contributed by atoms with Crippen LogP contribution in [0.3, 0.4) is 0 Å². The number of nitrogens with one attached hydrogen (secondary N) is 1. The van der Waals surface area contributed by atoms with Crippen molar-refractivity contribution in [3.63, 3.8) is 0 Å². The van der Waals surface area contributed by atoms with Gasteiger partial charge in [-0.15, -0.1) is 0 Å². The van der Waals surface area contributed by atoms with Gasteiger partial charge in [-0.25, -0.2) is 0 Å². The van der Waals surface area contributed by atoms with Crippen molar-refractivity contribution in [1.82, 2.24) is 5.32 Å². The number of amides is 1. The second kappa shape index (κ2) is 5.90. The van der Waals surface area contributed by atoms with E-state index in [2.05, 4.69) is 5.32 Å². The van der Waals surface area contributed by atoms with Crippen LogP contribution in [0.15, 0.2) is 18.2 Å². The maximum Gasteiger partial charge on any atom is 0.306 e. The van der Waals surface area contributed by atoms with Crippen molar-refractivity contribution in [2.75, 3.05) is 12.3 Å². The molecule has 0 saturated carbocycles. The van der Waals surface area contributed by atoms with Gasteiger partial charge in [-0.2, -0.15) is 0 Å². The van der Waals surface area contributed by atoms with Crippen LogP contribution in [0.5, 0.6) is 0 Å². The number of nitrogens with two attached hydrogens (primary N) is 1. The summed E-state index contributed by atoms with van der Waals surface area (Å²) in [7, 11) is 0. The minimum atomic E-state index is -1.51. The van der Waals surface area contributed by atoms with Gasteiger partial charge in [0.05, 0.1) is 22.7 Å². The van der Waals surface area contributed by atoms with Crippen molar-refractivity contribution in [2.45, 2.75) is 18.9 Å². The second-order valence-electron chi connectivity index (χ2n) is 4.49. The summed E-state index contributed by atoms with van der Waals surface area (Å²) in [4.78, 5) is 22.3. The highest BCUT2D eigenvalue weighted by Crippen LogP contribution is 2.19. The van der Waals surface area contributed by atoms with E-state index in [0.29, 0.717) is 5.02 Å². The Bertz CT molecular complexity index is 503. The van der Waals surface area contributed by atoms with Gasteiger partial charge in [0.25, 0.3) is 5.91 Å². The summed E-state index contributed by atoms with van der Waals surface area (Å²) < 4.78 is 0. The molecule has 0 heterocycles. The summed E-state index contributed by atoms with van der Waals surface area (Å²) in [6.45, 7) is 1.15. The van der Waals surface area contributed by atoms with E-state index in [0.717, 1.165) is 0 Å². The fraction of sp³-hybridized carbons (Fsp3) is 0.333. The number of carbonyl (C=O) groups excluding carboxylic acids is 1. The third-order valence-corrected chi connectivity index (χ3v) is 2.76. The first-order valence-corrected chi connectivity index (χ1v) is 5.86. The molecule has 7 heteroatoms. The van der Waals surface area contributed by atoms with Crippen LogP contribution in [-0.2, 0) is 4.79 Å². The molecule has 6 nitrogen and oxygen atoms in total. The molecule has 1 unspecified atom stereocenters. The number of carboxylic acids is 1. The molecule has 1 amide bonds. The molecule has 19 heavy (non-hydrogen) atoms. The van der Waals surface area contributed by atoms with Crippen LogP contribution >= 0.6 is 11.6 Å². The zero-order valence-electron chi connectivity index (χ0n) is 10.3. The maximum atomic E-state index is 11.8. The molecule has 5 N–H and O–H groups in total. The Labute approximate surface area is 115 Å². The average molecular weight is 287 g/mol. The van der Waals surface area contributed by atoms with Crippen LogP contribution in [0.4, 0.5) is 5.69 Å². The molecule has 0 aromatic heterocycles. The van der Waals surface area contributed by atoms with Gasteiger partial charge in [0.15, 0.2) is 0 Å². The monoisotopic (exact) mass is 286 g/mol. The van der Waals surface area contributed by atoms with Gasteiger partial charge in [-0.3, -0.25) is 9.59 Å². The Morgan fingerprint density at radius 1 is 1.47 bits per heavy atom. The molecule has 0 fully saturated rings. The number of halogens is 1. The van der Waals surface area contributed by atoms with Gasteiger partial charge in [0.1, 0.15) is 0 Å². The molecule has 1 rings (SSSR count). The quantitative estimate of drug-likeness (QED) is 0.600. The van der Waals surface area contributed by atoms with Crippen LogP contribution in [0.1, 0.15) is 23.7 Å². The first-order chi connectivity index (χ1) is 8.71. The van der Waals surface area contributed by atoms with Crippen LogP contribution < -0.4 is 11.1 Å². The lowest BCUT2D eigenvalue weighted by molar-refractivity contribution is -0.141. The number of aliphatic hydroxyl groups is 1. The number of carboxylic acid groups (broad SMARTS) is 1. The average Bonchev–Trinajstić information content (AvgIpc) is 2.28. The molecule has 0 radical (unpaired) electrons. The molecule has 1 atom stereocenters. The summed E-state index contributed by atoms with van der Waals surface area (Å²) in [5.41, 5.74) is 4.61. The van der Waals surface area contributed by atoms with E-state index < -0.39 is 23.9 Å². The zero-order chi connectivity index (χ0) is 14.6. The molecule has 1 aromatic rings. The zero-order valence-corrected chi connectivity index (χ0v) is 11.1. The Balaban J connectivity index is 2.65. The Hall–Kier alpha value is -1.79. The van der Waals surface area contributed by atoms with Gasteiger partial charge in [-0.05, 0) is 25.1 Å². The first-order valence-electron chi connectivity index (χ1n) is 5.49. The fourth-order valence-electron chi connectivity index (χ4n) is 1.45. The highest BCUT2D eigenvalue weighted by atomic mass is 35.5. The number of carbonyl (C=O) groups is 2. The minimum absolute atomic E-state index is 0.180. The summed E-state index contributed by atoms with van der Waals surface area (Å²) in [5, 5.41) is 21.1. The molecule has 104 valence electrons. The number of nitrogen functional groups attached to an aromatic ring is 1. The van der Waals surface area contributed by atoms with E-state index in [1.807, 2.05) is 0 Å². The molecule has 0 aliphatic rings. The Morgan fingerprint density at radius 2 is 2.11 bits per heavy atom. The smallest absolute Gasteiger partial charge is 0.306 e. The van der Waals surface area contributed by atoms with Crippen molar-refractivity contribution in [1.29, 1.82) is 0 Å². The van der Waals surface area contributed by atoms with Gasteiger partial charge in [0, 0.05) is 12.1 Å². The van der Waals surface area contributed by atoms with Crippen LogP contribution in [-0.4, -0.2) is 34.2 Å². The summed E-state index contributed by atoms with van der Waals surface area (Å²) >= 11 is 5.73. The molecule has 0 spiro atoms. The van der Waals surface area contributed by atoms with E-state index in [-0.39, 0.29) is 17.8 Å². The SMILES string of the molecule is CC(O)(CNC(=O)c1ccc(Cl)c(N)c1)CC(=O)O. The van der Waals surface area contributed by atoms with E-state index in [9.17, 15) is 14.7 Å². The summed E-state index contributed by atoms with van der Waals surface area (Å²) in [5.74, 6) is -1.61. The van der Waals surface area contributed by atoms with Gasteiger partial charge in [-0.1, -0.05) is 11.6 Å².